The van der Waals surface area contributed by atoms with Crippen LogP contribution in [0.25, 0.3) is 10.2 Å². The summed E-state index contributed by atoms with van der Waals surface area (Å²) in [4.78, 5) is 16.5. The summed E-state index contributed by atoms with van der Waals surface area (Å²) in [7, 11) is -3.73. The van der Waals surface area contributed by atoms with Gasteiger partial charge in [-0.25, -0.2) is 18.5 Å². The molecule has 0 aliphatic carbocycles. The van der Waals surface area contributed by atoms with Crippen LogP contribution in [0.3, 0.4) is 0 Å². The Morgan fingerprint density at radius 1 is 1.25 bits per heavy atom. The number of primary sulfonamides is 1. The lowest BCUT2D eigenvalue weighted by atomic mass is 10.1. The van der Waals surface area contributed by atoms with Crippen molar-refractivity contribution in [1.82, 2.24) is 4.98 Å². The third kappa shape index (κ3) is 4.49. The number of amides is 1. The number of carbonyl (C=O) groups is 1. The number of nitrogens with one attached hydrogen (secondary N) is 1. The molecular weight excluding hydrogens is 415 g/mol. The van der Waals surface area contributed by atoms with Crippen LogP contribution in [0.15, 0.2) is 36.4 Å². The maximum absolute atomic E-state index is 12.8. The van der Waals surface area contributed by atoms with Gasteiger partial charge in [0.25, 0.3) is 5.91 Å². The molecule has 0 saturated carbocycles. The molecule has 3 aromatic rings. The van der Waals surface area contributed by atoms with Crippen molar-refractivity contribution in [2.24, 2.45) is 5.14 Å². The maximum atomic E-state index is 12.8. The van der Waals surface area contributed by atoms with Gasteiger partial charge in [0.2, 0.25) is 10.0 Å². The first-order valence-corrected chi connectivity index (χ1v) is 10.4. The highest BCUT2D eigenvalue weighted by atomic mass is 32.2. The Labute approximate surface area is 162 Å². The first kappa shape index (κ1) is 20.2. The lowest BCUT2D eigenvalue weighted by molar-refractivity contribution is -0.140. The van der Waals surface area contributed by atoms with Crippen molar-refractivity contribution in [1.29, 1.82) is 0 Å². The van der Waals surface area contributed by atoms with Gasteiger partial charge >= 0.3 is 6.18 Å². The predicted octanol–water partition coefficient (Wildman–Crippen LogP) is 3.66. The molecule has 1 amide bonds. The summed E-state index contributed by atoms with van der Waals surface area (Å²) in [6.45, 7) is 1.63. The van der Waals surface area contributed by atoms with E-state index in [1.165, 1.54) is 12.1 Å². The Morgan fingerprint density at radius 2 is 1.96 bits per heavy atom. The summed E-state index contributed by atoms with van der Waals surface area (Å²) in [5.41, 5.74) is 0.222. The second-order valence-corrected chi connectivity index (χ2v) is 8.68. The molecule has 2 aromatic heterocycles. The minimum atomic E-state index is -4.57. The number of sulfonamides is 1. The number of nitrogens with two attached hydrogens (primary N) is 1. The summed E-state index contributed by atoms with van der Waals surface area (Å²) in [5, 5.41) is 8.10. The Balaban J connectivity index is 1.90. The van der Waals surface area contributed by atoms with Crippen LogP contribution in [0.5, 0.6) is 0 Å². The summed E-state index contributed by atoms with van der Waals surface area (Å²) < 4.78 is 60.9. The smallest absolute Gasteiger partial charge is 0.321 e. The zero-order valence-corrected chi connectivity index (χ0v) is 16.0. The number of thiophene rings is 1. The van der Waals surface area contributed by atoms with E-state index in [9.17, 15) is 26.4 Å². The van der Waals surface area contributed by atoms with Crippen LogP contribution >= 0.6 is 11.3 Å². The van der Waals surface area contributed by atoms with E-state index >= 15 is 0 Å². The molecule has 1 aromatic carbocycles. The van der Waals surface area contributed by atoms with E-state index < -0.39 is 27.8 Å². The molecule has 11 heteroatoms. The number of aromatic nitrogens is 1. The first-order chi connectivity index (χ1) is 12.9. The first-order valence-electron chi connectivity index (χ1n) is 7.82. The van der Waals surface area contributed by atoms with Crippen LogP contribution in [0, 0.1) is 6.92 Å². The van der Waals surface area contributed by atoms with Crippen LogP contribution < -0.4 is 10.5 Å². The van der Waals surface area contributed by atoms with Crippen molar-refractivity contribution in [3.63, 3.8) is 0 Å². The number of carbonyl (C=O) groups excluding carboxylic acids is 1. The Hall–Kier alpha value is -2.50. The van der Waals surface area contributed by atoms with Gasteiger partial charge in [-0.3, -0.25) is 4.79 Å². The van der Waals surface area contributed by atoms with E-state index in [0.29, 0.717) is 22.2 Å². The molecule has 28 heavy (non-hydrogen) atoms. The summed E-state index contributed by atoms with van der Waals surface area (Å²) >= 11 is 0.857. The minimum absolute atomic E-state index is 0.112. The number of halogens is 3. The van der Waals surface area contributed by atoms with E-state index in [1.54, 1.807) is 25.1 Å². The molecule has 0 aliphatic heterocycles. The highest BCUT2D eigenvalue weighted by Gasteiger charge is 2.33. The average Bonchev–Trinajstić information content (AvgIpc) is 2.89. The van der Waals surface area contributed by atoms with Gasteiger partial charge in [-0.15, -0.1) is 11.3 Å². The van der Waals surface area contributed by atoms with Gasteiger partial charge in [0.15, 0.2) is 0 Å². The van der Waals surface area contributed by atoms with Crippen molar-refractivity contribution in [3.8, 4) is 0 Å². The molecule has 6 nitrogen and oxygen atoms in total. The molecule has 2 heterocycles. The van der Waals surface area contributed by atoms with Gasteiger partial charge in [-0.05, 0) is 42.3 Å². The van der Waals surface area contributed by atoms with Gasteiger partial charge in [0.05, 0.1) is 10.6 Å². The lowest BCUT2D eigenvalue weighted by Crippen LogP contribution is -2.15. The quantitative estimate of drug-likeness (QED) is 0.661. The molecule has 3 N–H and O–H groups in total. The lowest BCUT2D eigenvalue weighted by Gasteiger charge is -2.07. The van der Waals surface area contributed by atoms with Gasteiger partial charge in [-0.1, -0.05) is 12.1 Å². The van der Waals surface area contributed by atoms with Crippen molar-refractivity contribution in [3.05, 3.63) is 58.1 Å². The van der Waals surface area contributed by atoms with Crippen molar-refractivity contribution in [2.45, 2.75) is 18.9 Å². The van der Waals surface area contributed by atoms with Crippen molar-refractivity contribution < 1.29 is 26.4 Å². The number of hydrogen-bond acceptors (Lipinski definition) is 5. The van der Waals surface area contributed by atoms with Crippen LogP contribution in [0.1, 0.15) is 26.5 Å². The largest absolute Gasteiger partial charge is 0.433 e. The number of nitrogens with zero attached hydrogens (tertiary/aromatic N) is 1. The fraction of sp³-hybridized carbons (Fsp3) is 0.176. The molecule has 0 saturated heterocycles. The summed E-state index contributed by atoms with van der Waals surface area (Å²) in [5.74, 6) is -0.912. The molecule has 0 bridgehead atoms. The Bertz CT molecular complexity index is 1170. The standard InChI is InChI=1S/C17H14F3N3O3S2/c1-9-12-5-6-13(17(18,19)20)23-16(12)27-14(9)15(24)22-11-4-2-3-10(7-11)8-28(21,25)26/h2-7H,8H2,1H3,(H,22,24)(H2,21,25,26). The van der Waals surface area contributed by atoms with E-state index in [4.69, 9.17) is 5.14 Å². The topological polar surface area (TPSA) is 102 Å². The monoisotopic (exact) mass is 429 g/mol. The average molecular weight is 429 g/mol. The third-order valence-electron chi connectivity index (χ3n) is 3.85. The van der Waals surface area contributed by atoms with Gasteiger partial charge in [-0.2, -0.15) is 13.2 Å². The number of hydrogen-bond donors (Lipinski definition) is 2. The van der Waals surface area contributed by atoms with Crippen LogP contribution in [-0.2, 0) is 22.0 Å². The van der Waals surface area contributed by atoms with E-state index in [2.05, 4.69) is 10.3 Å². The number of alkyl halides is 3. The molecule has 0 aliphatic rings. The number of pyridine rings is 1. The highest BCUT2D eigenvalue weighted by Crippen LogP contribution is 2.34. The van der Waals surface area contributed by atoms with Crippen LogP contribution in [-0.4, -0.2) is 19.3 Å². The normalized spacial score (nSPS) is 12.3. The Kier molecular flexibility index (Phi) is 5.17. The molecule has 0 fully saturated rings. The summed E-state index contributed by atoms with van der Waals surface area (Å²) in [6.07, 6.45) is -4.57. The van der Waals surface area contributed by atoms with Gasteiger partial charge in [0, 0.05) is 11.1 Å². The number of anilines is 1. The van der Waals surface area contributed by atoms with Crippen molar-refractivity contribution in [2.75, 3.05) is 5.32 Å². The SMILES string of the molecule is Cc1c(C(=O)Nc2cccc(CS(N)(=O)=O)c2)sc2nc(C(F)(F)F)ccc12. The maximum Gasteiger partial charge on any atom is 0.433 e. The van der Waals surface area contributed by atoms with Gasteiger partial charge < -0.3 is 5.32 Å². The Morgan fingerprint density at radius 3 is 2.61 bits per heavy atom. The molecule has 3 rings (SSSR count). The van der Waals surface area contributed by atoms with E-state index in [0.717, 1.165) is 17.4 Å². The zero-order chi connectivity index (χ0) is 20.7. The number of fused-ring (bicyclic) bond motifs is 1. The predicted molar refractivity (Wildman–Crippen MR) is 101 cm³/mol. The summed E-state index contributed by atoms with van der Waals surface area (Å²) in [6, 6.07) is 8.30. The fourth-order valence-electron chi connectivity index (χ4n) is 2.63. The van der Waals surface area contributed by atoms with E-state index in [-0.39, 0.29) is 15.5 Å². The molecule has 0 radical (unpaired) electrons. The van der Waals surface area contributed by atoms with Crippen LogP contribution in [0.2, 0.25) is 0 Å². The van der Waals surface area contributed by atoms with Crippen LogP contribution in [0.4, 0.5) is 18.9 Å². The number of rotatable bonds is 4. The zero-order valence-electron chi connectivity index (χ0n) is 14.4. The molecule has 148 valence electrons. The fourth-order valence-corrected chi connectivity index (χ4v) is 4.35. The minimum Gasteiger partial charge on any atom is -0.321 e. The molecule has 0 unspecified atom stereocenters. The molecular formula is C17H14F3N3O3S2. The van der Waals surface area contributed by atoms with Crippen molar-refractivity contribution >= 4 is 43.2 Å². The molecule has 0 atom stereocenters. The number of aryl methyl sites for hydroxylation is 1. The third-order valence-corrected chi connectivity index (χ3v) is 5.79. The van der Waals surface area contributed by atoms with Gasteiger partial charge in [0.1, 0.15) is 10.5 Å². The van der Waals surface area contributed by atoms with E-state index in [1.807, 2.05) is 0 Å². The highest BCUT2D eigenvalue weighted by molar-refractivity contribution is 7.88. The molecule has 0 spiro atoms. The number of benzene rings is 1. The second kappa shape index (κ2) is 7.15. The second-order valence-electron chi connectivity index (χ2n) is 6.06.